The molecule has 3 aromatic rings. The zero-order valence-corrected chi connectivity index (χ0v) is 16.6. The van der Waals surface area contributed by atoms with Gasteiger partial charge in [-0.1, -0.05) is 23.7 Å². The van der Waals surface area contributed by atoms with Crippen LogP contribution in [-0.2, 0) is 4.79 Å². The van der Waals surface area contributed by atoms with Crippen LogP contribution in [0.15, 0.2) is 62.3 Å². The first-order valence-corrected chi connectivity index (χ1v) is 10.3. The van der Waals surface area contributed by atoms with E-state index >= 15 is 0 Å². The van der Waals surface area contributed by atoms with Crippen LogP contribution in [0.4, 0.5) is 5.13 Å². The molecule has 1 aliphatic rings. The van der Waals surface area contributed by atoms with Crippen LogP contribution in [-0.4, -0.2) is 27.5 Å². The molecule has 136 valence electrons. The number of halogens is 1. The van der Waals surface area contributed by atoms with Gasteiger partial charge in [-0.05, 0) is 43.0 Å². The molecule has 1 saturated heterocycles. The third kappa shape index (κ3) is 3.71. The van der Waals surface area contributed by atoms with Crippen molar-refractivity contribution in [2.75, 3.05) is 6.54 Å². The fourth-order valence-corrected chi connectivity index (χ4v) is 4.40. The van der Waals surface area contributed by atoms with Crippen molar-refractivity contribution in [1.82, 2.24) is 9.88 Å². The number of carbonyl (C=O) groups excluding carboxylic acids is 1. The molecule has 0 saturated carbocycles. The summed E-state index contributed by atoms with van der Waals surface area (Å²) in [6, 6.07) is 11.2. The van der Waals surface area contributed by atoms with Gasteiger partial charge >= 0.3 is 0 Å². The summed E-state index contributed by atoms with van der Waals surface area (Å²) in [7, 11) is 0. The van der Waals surface area contributed by atoms with Crippen molar-refractivity contribution < 1.29 is 9.21 Å². The molecule has 0 radical (unpaired) electrons. The summed E-state index contributed by atoms with van der Waals surface area (Å²) in [6.07, 6.45) is 3.43. The first-order valence-electron chi connectivity index (χ1n) is 8.20. The Hall–Kier alpha value is -2.35. The van der Waals surface area contributed by atoms with E-state index in [1.807, 2.05) is 48.7 Å². The van der Waals surface area contributed by atoms with E-state index < -0.39 is 0 Å². The van der Waals surface area contributed by atoms with Gasteiger partial charge in [0.1, 0.15) is 11.5 Å². The number of aliphatic imine (C=N–C) groups is 1. The summed E-state index contributed by atoms with van der Waals surface area (Å²) in [6.45, 7) is 2.46. The molecule has 1 aromatic carbocycles. The number of hydrogen-bond acceptors (Lipinski definition) is 6. The van der Waals surface area contributed by atoms with Gasteiger partial charge < -0.3 is 4.42 Å². The standard InChI is InChI=1S/C19H14ClN3O2S2/c1-2-23-17(24)16(27-19(23)22-18-21-9-10-26-18)11-12-7-8-15(25-12)13-5-3-4-6-14(13)20/h3-11H,2H2,1H3/b16-11+,22-19+. The van der Waals surface area contributed by atoms with Crippen LogP contribution < -0.4 is 0 Å². The Morgan fingerprint density at radius 1 is 1.30 bits per heavy atom. The number of likely N-dealkylation sites (N-methyl/N-ethyl adjacent to an activating group) is 1. The van der Waals surface area contributed by atoms with Gasteiger partial charge in [-0.2, -0.15) is 4.99 Å². The number of thiazole rings is 1. The highest BCUT2D eigenvalue weighted by atomic mass is 35.5. The highest BCUT2D eigenvalue weighted by Gasteiger charge is 2.32. The predicted octanol–water partition coefficient (Wildman–Crippen LogP) is 5.68. The van der Waals surface area contributed by atoms with Crippen LogP contribution in [0.2, 0.25) is 5.02 Å². The van der Waals surface area contributed by atoms with E-state index in [2.05, 4.69) is 9.98 Å². The van der Waals surface area contributed by atoms with E-state index in [1.165, 1.54) is 23.1 Å². The van der Waals surface area contributed by atoms with Crippen molar-refractivity contribution in [3.05, 3.63) is 63.7 Å². The van der Waals surface area contributed by atoms with E-state index in [4.69, 9.17) is 16.0 Å². The Bertz CT molecular complexity index is 1040. The first-order chi connectivity index (χ1) is 13.2. The molecule has 1 amide bonds. The first kappa shape index (κ1) is 18.0. The maximum atomic E-state index is 12.7. The maximum absolute atomic E-state index is 12.7. The Balaban J connectivity index is 1.63. The Morgan fingerprint density at radius 2 is 2.15 bits per heavy atom. The lowest BCUT2D eigenvalue weighted by Crippen LogP contribution is -2.28. The summed E-state index contributed by atoms with van der Waals surface area (Å²) in [5.74, 6) is 1.16. The summed E-state index contributed by atoms with van der Waals surface area (Å²) in [5.41, 5.74) is 0.815. The fraction of sp³-hybridized carbons (Fsp3) is 0.105. The van der Waals surface area contributed by atoms with Crippen LogP contribution in [0.3, 0.4) is 0 Å². The highest BCUT2D eigenvalue weighted by Crippen LogP contribution is 2.35. The van der Waals surface area contributed by atoms with Gasteiger partial charge in [0, 0.05) is 29.8 Å². The SMILES string of the molecule is CCN1C(=O)/C(=C\c2ccc(-c3ccccc3Cl)o2)S/C1=N/c1nccs1. The molecule has 0 N–H and O–H groups in total. The molecule has 27 heavy (non-hydrogen) atoms. The monoisotopic (exact) mass is 415 g/mol. The van der Waals surface area contributed by atoms with E-state index in [1.54, 1.807) is 17.2 Å². The molecule has 0 spiro atoms. The minimum atomic E-state index is -0.0894. The number of hydrogen-bond donors (Lipinski definition) is 0. The number of carbonyl (C=O) groups is 1. The molecule has 3 heterocycles. The molecule has 8 heteroatoms. The van der Waals surface area contributed by atoms with E-state index in [0.29, 0.717) is 38.3 Å². The van der Waals surface area contributed by atoms with Crippen molar-refractivity contribution in [2.45, 2.75) is 6.92 Å². The lowest BCUT2D eigenvalue weighted by atomic mass is 10.2. The quantitative estimate of drug-likeness (QED) is 0.514. The minimum Gasteiger partial charge on any atom is -0.457 e. The lowest BCUT2D eigenvalue weighted by Gasteiger charge is -2.11. The molecule has 0 unspecified atom stereocenters. The molecule has 1 fully saturated rings. The van der Waals surface area contributed by atoms with Gasteiger partial charge in [0.2, 0.25) is 5.13 Å². The largest absolute Gasteiger partial charge is 0.457 e. The lowest BCUT2D eigenvalue weighted by molar-refractivity contribution is -0.122. The summed E-state index contributed by atoms with van der Waals surface area (Å²) < 4.78 is 5.88. The number of benzene rings is 1. The molecule has 4 rings (SSSR count). The van der Waals surface area contributed by atoms with E-state index in [-0.39, 0.29) is 5.91 Å². The van der Waals surface area contributed by atoms with Crippen molar-refractivity contribution >= 4 is 57.0 Å². The summed E-state index contributed by atoms with van der Waals surface area (Å²) in [4.78, 5) is 23.5. The Kier molecular flexibility index (Phi) is 5.15. The van der Waals surface area contributed by atoms with Gasteiger partial charge in [0.15, 0.2) is 5.17 Å². The number of aromatic nitrogens is 1. The van der Waals surface area contributed by atoms with Gasteiger partial charge in [-0.15, -0.1) is 11.3 Å². The minimum absolute atomic E-state index is 0.0894. The van der Waals surface area contributed by atoms with Gasteiger partial charge in [-0.25, -0.2) is 4.98 Å². The average molecular weight is 416 g/mol. The second-order valence-corrected chi connectivity index (χ2v) is 7.84. The van der Waals surface area contributed by atoms with Crippen molar-refractivity contribution in [3.8, 4) is 11.3 Å². The average Bonchev–Trinajstić information content (AvgIpc) is 3.39. The van der Waals surface area contributed by atoms with E-state index in [0.717, 1.165) is 5.56 Å². The molecular formula is C19H14ClN3O2S2. The van der Waals surface area contributed by atoms with Crippen molar-refractivity contribution in [1.29, 1.82) is 0 Å². The molecule has 0 bridgehead atoms. The number of amides is 1. The van der Waals surface area contributed by atoms with Gasteiger partial charge in [0.25, 0.3) is 5.91 Å². The van der Waals surface area contributed by atoms with Crippen molar-refractivity contribution in [2.24, 2.45) is 4.99 Å². The number of rotatable bonds is 4. The number of amidine groups is 1. The Labute approximate surface area is 169 Å². The zero-order valence-electron chi connectivity index (χ0n) is 14.3. The molecule has 2 aromatic heterocycles. The van der Waals surface area contributed by atoms with Crippen LogP contribution >= 0.6 is 34.7 Å². The van der Waals surface area contributed by atoms with Crippen LogP contribution in [0.1, 0.15) is 12.7 Å². The predicted molar refractivity (Wildman–Crippen MR) is 111 cm³/mol. The van der Waals surface area contributed by atoms with Crippen LogP contribution in [0, 0.1) is 0 Å². The number of furan rings is 1. The summed E-state index contributed by atoms with van der Waals surface area (Å²) >= 11 is 8.98. The fourth-order valence-electron chi connectivity index (χ4n) is 2.59. The molecule has 0 atom stereocenters. The second kappa shape index (κ2) is 7.72. The molecular weight excluding hydrogens is 402 g/mol. The van der Waals surface area contributed by atoms with Gasteiger partial charge in [-0.3, -0.25) is 9.69 Å². The zero-order chi connectivity index (χ0) is 18.8. The Morgan fingerprint density at radius 3 is 2.89 bits per heavy atom. The van der Waals surface area contributed by atoms with Crippen LogP contribution in [0.25, 0.3) is 17.4 Å². The summed E-state index contributed by atoms with van der Waals surface area (Å²) in [5, 5.41) is 3.73. The van der Waals surface area contributed by atoms with Gasteiger partial charge in [0.05, 0.1) is 9.93 Å². The molecule has 5 nitrogen and oxygen atoms in total. The number of nitrogens with zero attached hydrogens (tertiary/aromatic N) is 3. The normalized spacial score (nSPS) is 17.4. The molecule has 1 aliphatic heterocycles. The number of thioether (sulfide) groups is 1. The van der Waals surface area contributed by atoms with Crippen molar-refractivity contribution in [3.63, 3.8) is 0 Å². The maximum Gasteiger partial charge on any atom is 0.266 e. The highest BCUT2D eigenvalue weighted by molar-refractivity contribution is 8.18. The third-order valence-corrected chi connectivity index (χ3v) is 5.86. The topological polar surface area (TPSA) is 58.7 Å². The smallest absolute Gasteiger partial charge is 0.266 e. The van der Waals surface area contributed by atoms with Crippen LogP contribution in [0.5, 0.6) is 0 Å². The molecule has 0 aliphatic carbocycles. The second-order valence-electron chi connectivity index (χ2n) is 5.55. The van der Waals surface area contributed by atoms with E-state index in [9.17, 15) is 4.79 Å². The third-order valence-electron chi connectivity index (χ3n) is 3.85.